The highest BCUT2D eigenvalue weighted by molar-refractivity contribution is 9.10. The van der Waals surface area contributed by atoms with Gasteiger partial charge in [0.05, 0.1) is 15.0 Å². The quantitative estimate of drug-likeness (QED) is 0.568. The van der Waals surface area contributed by atoms with E-state index in [0.29, 0.717) is 5.69 Å². The molecule has 1 saturated heterocycles. The van der Waals surface area contributed by atoms with Gasteiger partial charge in [-0.05, 0) is 50.2 Å². The number of benzene rings is 2. The normalized spacial score (nSPS) is 17.8. The predicted octanol–water partition coefficient (Wildman–Crippen LogP) is 3.72. The van der Waals surface area contributed by atoms with E-state index in [1.165, 1.54) is 0 Å². The first-order valence-electron chi connectivity index (χ1n) is 8.20. The molecule has 0 radical (unpaired) electrons. The summed E-state index contributed by atoms with van der Waals surface area (Å²) in [5, 5.41) is 3.50. The molecule has 0 saturated carbocycles. The van der Waals surface area contributed by atoms with Gasteiger partial charge >= 0.3 is 0 Å². The third-order valence-electron chi connectivity index (χ3n) is 4.32. The van der Waals surface area contributed by atoms with Gasteiger partial charge in [-0.25, -0.2) is 8.42 Å². The van der Waals surface area contributed by atoms with Crippen LogP contribution in [0, 0.1) is 0 Å². The molecular formula is C18H22BrN3O2S. The summed E-state index contributed by atoms with van der Waals surface area (Å²) in [6.07, 6.45) is 1.95. The van der Waals surface area contributed by atoms with Crippen molar-refractivity contribution in [1.29, 1.82) is 0 Å². The number of sulfonamides is 1. The molecule has 0 unspecified atom stereocenters. The summed E-state index contributed by atoms with van der Waals surface area (Å²) in [4.78, 5) is 2.55. The summed E-state index contributed by atoms with van der Waals surface area (Å²) in [5.41, 5.74) is 1.42. The van der Waals surface area contributed by atoms with Crippen LogP contribution in [0.1, 0.15) is 12.8 Å². The van der Waals surface area contributed by atoms with E-state index in [1.807, 2.05) is 18.2 Å². The zero-order valence-electron chi connectivity index (χ0n) is 14.1. The number of anilines is 2. The Morgan fingerprint density at radius 2 is 1.64 bits per heavy atom. The Balaban J connectivity index is 1.74. The fourth-order valence-electron chi connectivity index (χ4n) is 2.83. The van der Waals surface area contributed by atoms with Gasteiger partial charge in [0.15, 0.2) is 0 Å². The van der Waals surface area contributed by atoms with Crippen molar-refractivity contribution in [2.24, 2.45) is 0 Å². The number of nitrogens with zero attached hydrogens (tertiary/aromatic N) is 1. The third-order valence-corrected chi connectivity index (χ3v) is 6.70. The maximum Gasteiger partial charge on any atom is 0.261 e. The molecule has 0 spiro atoms. The van der Waals surface area contributed by atoms with Crippen molar-refractivity contribution in [3.63, 3.8) is 0 Å². The van der Waals surface area contributed by atoms with Crippen molar-refractivity contribution in [3.05, 3.63) is 54.6 Å². The molecule has 0 bridgehead atoms. The minimum Gasteiger partial charge on any atom is -0.370 e. The molecule has 7 heteroatoms. The first kappa shape index (κ1) is 18.2. The highest BCUT2D eigenvalue weighted by Gasteiger charge is 2.30. The van der Waals surface area contributed by atoms with Crippen molar-refractivity contribution in [2.45, 2.75) is 22.2 Å². The molecular weight excluding hydrogens is 402 g/mol. The highest BCUT2D eigenvalue weighted by atomic mass is 79.9. The average Bonchev–Trinajstić information content (AvgIpc) is 2.58. The summed E-state index contributed by atoms with van der Waals surface area (Å²) >= 11 is 3.81. The van der Waals surface area contributed by atoms with Gasteiger partial charge in [0.2, 0.25) is 0 Å². The molecule has 3 rings (SSSR count). The molecule has 1 aliphatic rings. The maximum atomic E-state index is 12.5. The van der Waals surface area contributed by atoms with Gasteiger partial charge in [-0.2, -0.15) is 0 Å². The molecule has 2 N–H and O–H groups in total. The van der Waals surface area contributed by atoms with E-state index in [2.05, 4.69) is 37.9 Å². The van der Waals surface area contributed by atoms with E-state index in [0.717, 1.165) is 31.6 Å². The zero-order valence-corrected chi connectivity index (χ0v) is 16.5. The fourth-order valence-corrected chi connectivity index (χ4v) is 4.48. The molecule has 134 valence electrons. The Morgan fingerprint density at radius 3 is 2.32 bits per heavy atom. The molecule has 0 aliphatic carbocycles. The number of rotatable bonds is 5. The Bertz CT molecular complexity index is 819. The average molecular weight is 424 g/mol. The number of likely N-dealkylation sites (tertiary alicyclic amines) is 1. The lowest BCUT2D eigenvalue weighted by atomic mass is 10.0. The van der Waals surface area contributed by atoms with Crippen LogP contribution < -0.4 is 10.0 Å². The van der Waals surface area contributed by atoms with Gasteiger partial charge in [0.1, 0.15) is 0 Å². The van der Waals surface area contributed by atoms with E-state index in [-0.39, 0.29) is 9.34 Å². The van der Waals surface area contributed by atoms with Crippen molar-refractivity contribution in [3.8, 4) is 0 Å². The first-order valence-corrected chi connectivity index (χ1v) is 10.5. The number of piperidine rings is 1. The SMILES string of the molecule is CN1CCC(Br)(Nc2cccc(NS(=O)(=O)c3ccccc3)c2)CC1. The molecule has 1 aliphatic heterocycles. The van der Waals surface area contributed by atoms with E-state index in [1.54, 1.807) is 36.4 Å². The molecule has 1 heterocycles. The van der Waals surface area contributed by atoms with Gasteiger partial charge in [-0.3, -0.25) is 4.72 Å². The second-order valence-electron chi connectivity index (χ2n) is 6.39. The van der Waals surface area contributed by atoms with E-state index in [9.17, 15) is 8.42 Å². The van der Waals surface area contributed by atoms with Crippen molar-refractivity contribution in [2.75, 3.05) is 30.2 Å². The molecule has 0 aromatic heterocycles. The Morgan fingerprint density at radius 1 is 1.00 bits per heavy atom. The first-order chi connectivity index (χ1) is 11.9. The highest BCUT2D eigenvalue weighted by Crippen LogP contribution is 2.33. The van der Waals surface area contributed by atoms with Crippen LogP contribution in [0.15, 0.2) is 59.5 Å². The minimum absolute atomic E-state index is 0.156. The number of hydrogen-bond acceptors (Lipinski definition) is 4. The summed E-state index contributed by atoms with van der Waals surface area (Å²) in [5.74, 6) is 0. The smallest absolute Gasteiger partial charge is 0.261 e. The Kier molecular flexibility index (Phi) is 5.36. The zero-order chi connectivity index (χ0) is 17.9. The van der Waals surface area contributed by atoms with Crippen molar-refractivity contribution < 1.29 is 8.42 Å². The van der Waals surface area contributed by atoms with Crippen LogP contribution in [0.2, 0.25) is 0 Å². The summed E-state index contributed by atoms with van der Waals surface area (Å²) in [6, 6.07) is 15.7. The van der Waals surface area contributed by atoms with Crippen LogP contribution in [0.3, 0.4) is 0 Å². The van der Waals surface area contributed by atoms with Gasteiger partial charge < -0.3 is 10.2 Å². The summed E-state index contributed by atoms with van der Waals surface area (Å²) in [6.45, 7) is 2.02. The largest absolute Gasteiger partial charge is 0.370 e. The van der Waals surface area contributed by atoms with Gasteiger partial charge in [0.25, 0.3) is 10.0 Å². The molecule has 1 fully saturated rings. The number of nitrogens with one attached hydrogen (secondary N) is 2. The topological polar surface area (TPSA) is 61.4 Å². The Labute approximate surface area is 157 Å². The molecule has 0 amide bonds. The maximum absolute atomic E-state index is 12.5. The van der Waals surface area contributed by atoms with Crippen LogP contribution >= 0.6 is 15.9 Å². The molecule has 2 aromatic rings. The number of hydrogen-bond donors (Lipinski definition) is 2. The summed E-state index contributed by atoms with van der Waals surface area (Å²) in [7, 11) is -1.47. The Hall–Kier alpha value is -1.57. The third kappa shape index (κ3) is 4.74. The van der Waals surface area contributed by atoms with Crippen LogP contribution in [0.5, 0.6) is 0 Å². The van der Waals surface area contributed by atoms with Gasteiger partial charge in [-0.1, -0.05) is 40.2 Å². The van der Waals surface area contributed by atoms with E-state index < -0.39 is 10.0 Å². The summed E-state index contributed by atoms with van der Waals surface area (Å²) < 4.78 is 27.4. The standard InChI is InChI=1S/C18H22BrN3O2S/c1-22-12-10-18(19,11-13-22)20-15-6-5-7-16(14-15)21-25(23,24)17-8-3-2-4-9-17/h2-9,14,20-21H,10-13H2,1H3. The minimum atomic E-state index is -3.58. The molecule has 0 atom stereocenters. The number of halogens is 1. The lowest BCUT2D eigenvalue weighted by molar-refractivity contribution is 0.254. The van der Waals surface area contributed by atoms with Gasteiger partial charge in [-0.15, -0.1) is 0 Å². The van der Waals surface area contributed by atoms with Crippen molar-refractivity contribution in [1.82, 2.24) is 4.90 Å². The van der Waals surface area contributed by atoms with Gasteiger partial charge in [0, 0.05) is 18.8 Å². The van der Waals surface area contributed by atoms with E-state index >= 15 is 0 Å². The van der Waals surface area contributed by atoms with Crippen molar-refractivity contribution >= 4 is 37.3 Å². The monoisotopic (exact) mass is 423 g/mol. The second kappa shape index (κ2) is 7.35. The second-order valence-corrected chi connectivity index (χ2v) is 9.59. The molecule has 2 aromatic carbocycles. The van der Waals surface area contributed by atoms with E-state index in [4.69, 9.17) is 0 Å². The van der Waals surface area contributed by atoms with Crippen LogP contribution in [-0.2, 0) is 10.0 Å². The number of alkyl halides is 1. The fraction of sp³-hybridized carbons (Fsp3) is 0.333. The lowest BCUT2D eigenvalue weighted by Crippen LogP contribution is -2.43. The predicted molar refractivity (Wildman–Crippen MR) is 106 cm³/mol. The van der Waals surface area contributed by atoms with Crippen LogP contribution in [0.4, 0.5) is 11.4 Å². The lowest BCUT2D eigenvalue weighted by Gasteiger charge is -2.37. The van der Waals surface area contributed by atoms with Crippen LogP contribution in [0.25, 0.3) is 0 Å². The molecule has 25 heavy (non-hydrogen) atoms. The van der Waals surface area contributed by atoms with Crippen LogP contribution in [-0.4, -0.2) is 37.9 Å². The molecule has 5 nitrogen and oxygen atoms in total.